The summed E-state index contributed by atoms with van der Waals surface area (Å²) in [6.07, 6.45) is 0. The van der Waals surface area contributed by atoms with E-state index in [-0.39, 0.29) is 11.7 Å². The van der Waals surface area contributed by atoms with Gasteiger partial charge in [0.2, 0.25) is 11.1 Å². The van der Waals surface area contributed by atoms with Crippen LogP contribution in [-0.2, 0) is 4.79 Å². The molecule has 1 aromatic carbocycles. The van der Waals surface area contributed by atoms with Gasteiger partial charge in [-0.1, -0.05) is 11.8 Å². The third kappa shape index (κ3) is 4.46. The SMILES string of the molecule is COc1ccc(N2CCN(C(=O)CSc3nnc(-n4nc(C)cc4C)n3N)CC2)cc1. The highest BCUT2D eigenvalue weighted by molar-refractivity contribution is 7.99. The molecule has 31 heavy (non-hydrogen) atoms. The van der Waals surface area contributed by atoms with Crippen LogP contribution in [-0.4, -0.2) is 74.5 Å². The number of piperazine rings is 1. The third-order valence-corrected chi connectivity index (χ3v) is 6.17. The van der Waals surface area contributed by atoms with Gasteiger partial charge in [-0.3, -0.25) is 4.79 Å². The first kappa shape index (κ1) is 21.0. The third-order valence-electron chi connectivity index (χ3n) is 5.24. The van der Waals surface area contributed by atoms with Crippen LogP contribution in [0.15, 0.2) is 35.5 Å². The molecule has 1 aliphatic heterocycles. The van der Waals surface area contributed by atoms with Crippen LogP contribution in [0.2, 0.25) is 0 Å². The van der Waals surface area contributed by atoms with Gasteiger partial charge in [-0.15, -0.1) is 10.2 Å². The van der Waals surface area contributed by atoms with E-state index in [4.69, 9.17) is 10.6 Å². The lowest BCUT2D eigenvalue weighted by molar-refractivity contribution is -0.128. The van der Waals surface area contributed by atoms with E-state index in [1.54, 1.807) is 11.8 Å². The zero-order valence-electron chi connectivity index (χ0n) is 17.9. The van der Waals surface area contributed by atoms with Gasteiger partial charge >= 0.3 is 0 Å². The number of nitrogens with zero attached hydrogens (tertiary/aromatic N) is 7. The van der Waals surface area contributed by atoms with Crippen molar-refractivity contribution in [2.45, 2.75) is 19.0 Å². The smallest absolute Gasteiger partial charge is 0.271 e. The van der Waals surface area contributed by atoms with E-state index in [2.05, 4.69) is 20.2 Å². The highest BCUT2D eigenvalue weighted by Gasteiger charge is 2.23. The van der Waals surface area contributed by atoms with Crippen molar-refractivity contribution < 1.29 is 9.53 Å². The van der Waals surface area contributed by atoms with Crippen LogP contribution in [0.4, 0.5) is 5.69 Å². The number of nitrogen functional groups attached to an aromatic ring is 1. The monoisotopic (exact) mass is 442 g/mol. The van der Waals surface area contributed by atoms with Gasteiger partial charge in [-0.2, -0.15) is 5.10 Å². The Labute approximate surface area is 184 Å². The Kier molecular flexibility index (Phi) is 6.03. The average Bonchev–Trinajstić information content (AvgIpc) is 3.32. The summed E-state index contributed by atoms with van der Waals surface area (Å²) >= 11 is 1.28. The molecule has 0 aliphatic carbocycles. The Bertz CT molecular complexity index is 1050. The molecule has 164 valence electrons. The molecule has 4 rings (SSSR count). The van der Waals surface area contributed by atoms with E-state index in [0.29, 0.717) is 24.2 Å². The first-order chi connectivity index (χ1) is 15.0. The molecular weight excluding hydrogens is 416 g/mol. The minimum atomic E-state index is 0.0649. The maximum atomic E-state index is 12.7. The second-order valence-electron chi connectivity index (χ2n) is 7.35. The Balaban J connectivity index is 1.31. The summed E-state index contributed by atoms with van der Waals surface area (Å²) in [6, 6.07) is 9.93. The second kappa shape index (κ2) is 8.88. The minimum absolute atomic E-state index is 0.0649. The van der Waals surface area contributed by atoms with E-state index < -0.39 is 0 Å². The molecule has 1 fully saturated rings. The van der Waals surface area contributed by atoms with Gasteiger partial charge in [0.05, 0.1) is 18.6 Å². The van der Waals surface area contributed by atoms with Gasteiger partial charge in [0.25, 0.3) is 5.95 Å². The highest BCUT2D eigenvalue weighted by Crippen LogP contribution is 2.22. The molecule has 11 heteroatoms. The Hall–Kier alpha value is -3.21. The summed E-state index contributed by atoms with van der Waals surface area (Å²) in [5.41, 5.74) is 2.92. The summed E-state index contributed by atoms with van der Waals surface area (Å²) < 4.78 is 8.23. The fourth-order valence-corrected chi connectivity index (χ4v) is 4.32. The molecule has 10 nitrogen and oxygen atoms in total. The number of nitrogens with two attached hydrogens (primary N) is 1. The Morgan fingerprint density at radius 3 is 2.45 bits per heavy atom. The van der Waals surface area contributed by atoms with Crippen molar-refractivity contribution in [2.75, 3.05) is 49.8 Å². The Morgan fingerprint density at radius 2 is 1.84 bits per heavy atom. The van der Waals surface area contributed by atoms with Crippen molar-refractivity contribution in [2.24, 2.45) is 0 Å². The molecule has 1 saturated heterocycles. The Morgan fingerprint density at radius 1 is 1.13 bits per heavy atom. The minimum Gasteiger partial charge on any atom is -0.497 e. The maximum Gasteiger partial charge on any atom is 0.271 e. The van der Waals surface area contributed by atoms with Gasteiger partial charge in [0.15, 0.2) is 0 Å². The average molecular weight is 443 g/mol. The van der Waals surface area contributed by atoms with Crippen molar-refractivity contribution in [3.63, 3.8) is 0 Å². The second-order valence-corrected chi connectivity index (χ2v) is 8.29. The zero-order chi connectivity index (χ0) is 22.0. The van der Waals surface area contributed by atoms with Gasteiger partial charge in [-0.25, -0.2) is 9.36 Å². The molecule has 3 heterocycles. The molecule has 1 aliphatic rings. The number of hydrogen-bond acceptors (Lipinski definition) is 8. The number of methoxy groups -OCH3 is 1. The highest BCUT2D eigenvalue weighted by atomic mass is 32.2. The fourth-order valence-electron chi connectivity index (χ4n) is 3.57. The van der Waals surface area contributed by atoms with Crippen LogP contribution in [0.5, 0.6) is 5.75 Å². The number of ether oxygens (including phenoxy) is 1. The molecule has 0 radical (unpaired) electrons. The lowest BCUT2D eigenvalue weighted by Crippen LogP contribution is -2.49. The van der Waals surface area contributed by atoms with Crippen LogP contribution < -0.4 is 15.5 Å². The zero-order valence-corrected chi connectivity index (χ0v) is 18.7. The van der Waals surface area contributed by atoms with Crippen molar-refractivity contribution in [1.29, 1.82) is 0 Å². The first-order valence-corrected chi connectivity index (χ1v) is 11.0. The maximum absolute atomic E-state index is 12.7. The van der Waals surface area contributed by atoms with Crippen LogP contribution in [0.25, 0.3) is 5.95 Å². The number of benzene rings is 1. The molecule has 1 amide bonds. The van der Waals surface area contributed by atoms with E-state index in [1.807, 2.05) is 49.1 Å². The van der Waals surface area contributed by atoms with Crippen molar-refractivity contribution in [1.82, 2.24) is 29.6 Å². The summed E-state index contributed by atoms with van der Waals surface area (Å²) in [6.45, 7) is 6.77. The van der Waals surface area contributed by atoms with Crippen LogP contribution >= 0.6 is 11.8 Å². The van der Waals surface area contributed by atoms with Crippen molar-refractivity contribution in [3.05, 3.63) is 41.7 Å². The molecular formula is C20H26N8O2S. The normalized spacial score (nSPS) is 14.2. The lowest BCUT2D eigenvalue weighted by Gasteiger charge is -2.36. The summed E-state index contributed by atoms with van der Waals surface area (Å²) in [5.74, 6) is 7.74. The summed E-state index contributed by atoms with van der Waals surface area (Å²) in [4.78, 5) is 16.9. The standard InChI is InChI=1S/C20H26N8O2S/c1-14-12-15(2)28(24-14)19-22-23-20(27(19)21)31-13-18(29)26-10-8-25(9-11-26)16-4-6-17(30-3)7-5-16/h4-7,12H,8-11,13,21H2,1-3H3. The molecule has 2 N–H and O–H groups in total. The molecule has 0 bridgehead atoms. The number of carbonyl (C=O) groups is 1. The number of hydrogen-bond donors (Lipinski definition) is 1. The number of aromatic nitrogens is 5. The summed E-state index contributed by atoms with van der Waals surface area (Å²) in [5, 5.41) is 13.1. The van der Waals surface area contributed by atoms with E-state index in [1.165, 1.54) is 16.4 Å². The number of rotatable bonds is 6. The molecule has 3 aromatic rings. The quantitative estimate of drug-likeness (QED) is 0.449. The van der Waals surface area contributed by atoms with E-state index >= 15 is 0 Å². The predicted octanol–water partition coefficient (Wildman–Crippen LogP) is 1.24. The molecule has 0 saturated carbocycles. The molecule has 0 unspecified atom stereocenters. The summed E-state index contributed by atoms with van der Waals surface area (Å²) in [7, 11) is 1.66. The van der Waals surface area contributed by atoms with Gasteiger partial charge in [0, 0.05) is 37.6 Å². The van der Waals surface area contributed by atoms with Gasteiger partial charge in [-0.05, 0) is 44.2 Å². The fraction of sp³-hybridized carbons (Fsp3) is 0.400. The number of aryl methyl sites for hydroxylation is 2. The largest absolute Gasteiger partial charge is 0.497 e. The predicted molar refractivity (Wildman–Crippen MR) is 119 cm³/mol. The van der Waals surface area contributed by atoms with Crippen LogP contribution in [0.1, 0.15) is 11.4 Å². The van der Waals surface area contributed by atoms with E-state index in [0.717, 1.165) is 35.9 Å². The molecule has 0 atom stereocenters. The number of anilines is 1. The lowest BCUT2D eigenvalue weighted by atomic mass is 10.2. The van der Waals surface area contributed by atoms with Crippen molar-refractivity contribution in [3.8, 4) is 11.7 Å². The van der Waals surface area contributed by atoms with Crippen LogP contribution in [0.3, 0.4) is 0 Å². The number of carbonyl (C=O) groups excluding carboxylic acids is 1. The number of amides is 1. The van der Waals surface area contributed by atoms with Gasteiger partial charge < -0.3 is 20.4 Å². The van der Waals surface area contributed by atoms with Crippen LogP contribution in [0, 0.1) is 13.8 Å². The first-order valence-electron chi connectivity index (χ1n) is 10.00. The van der Waals surface area contributed by atoms with E-state index in [9.17, 15) is 4.79 Å². The topological polar surface area (TPSA) is 107 Å². The molecule has 2 aromatic heterocycles. The number of thioether (sulfide) groups is 1. The van der Waals surface area contributed by atoms with Gasteiger partial charge in [0.1, 0.15) is 5.75 Å². The molecule has 0 spiro atoms. The van der Waals surface area contributed by atoms with Crippen molar-refractivity contribution >= 4 is 23.4 Å².